The van der Waals surface area contributed by atoms with Crippen LogP contribution in [0.25, 0.3) is 0 Å². The quantitative estimate of drug-likeness (QED) is 0.900. The van der Waals surface area contributed by atoms with E-state index in [0.29, 0.717) is 11.7 Å². The van der Waals surface area contributed by atoms with Crippen LogP contribution in [-0.2, 0) is 4.74 Å². The van der Waals surface area contributed by atoms with E-state index in [1.165, 1.54) is 0 Å². The van der Waals surface area contributed by atoms with Crippen molar-refractivity contribution in [1.29, 1.82) is 0 Å². The number of piperidine rings is 1. The van der Waals surface area contributed by atoms with Crippen molar-refractivity contribution in [3.8, 4) is 0 Å². The lowest BCUT2D eigenvalue weighted by molar-refractivity contribution is 0.0819. The van der Waals surface area contributed by atoms with Crippen LogP contribution in [-0.4, -0.2) is 32.8 Å². The third-order valence-corrected chi connectivity index (χ3v) is 4.40. The zero-order valence-electron chi connectivity index (χ0n) is 13.6. The second-order valence-electron chi connectivity index (χ2n) is 5.86. The van der Waals surface area contributed by atoms with Gasteiger partial charge in [0.25, 0.3) is 0 Å². The number of hydrogen-bond acceptors (Lipinski definition) is 3. The summed E-state index contributed by atoms with van der Waals surface area (Å²) in [7, 11) is 1.78. The molecule has 1 fully saturated rings. The number of halogens is 1. The number of benzene rings is 1. The standard InChI is InChI=1S/C17H27FN2O/c1-5-19-13(3)15-11-16(18)12(2)10-17(15)20-8-6-14(21-4)7-9-20/h10-11,13-14,19H,5-9H2,1-4H3. The van der Waals surface area contributed by atoms with Crippen LogP contribution in [0.1, 0.15) is 43.9 Å². The summed E-state index contributed by atoms with van der Waals surface area (Å²) in [6.45, 7) is 8.82. The molecule has 0 aliphatic carbocycles. The van der Waals surface area contributed by atoms with E-state index in [9.17, 15) is 4.39 Å². The van der Waals surface area contributed by atoms with Gasteiger partial charge in [0, 0.05) is 31.9 Å². The van der Waals surface area contributed by atoms with Gasteiger partial charge >= 0.3 is 0 Å². The molecule has 1 N–H and O–H groups in total. The number of nitrogens with zero attached hydrogens (tertiary/aromatic N) is 1. The lowest BCUT2D eigenvalue weighted by Gasteiger charge is -2.35. The van der Waals surface area contributed by atoms with Crippen molar-refractivity contribution in [2.24, 2.45) is 0 Å². The maximum Gasteiger partial charge on any atom is 0.126 e. The zero-order valence-corrected chi connectivity index (χ0v) is 13.6. The van der Waals surface area contributed by atoms with Gasteiger partial charge in [0.05, 0.1) is 6.10 Å². The Morgan fingerprint density at radius 3 is 2.62 bits per heavy atom. The molecule has 0 spiro atoms. The Morgan fingerprint density at radius 1 is 1.38 bits per heavy atom. The number of ether oxygens (including phenoxy) is 1. The van der Waals surface area contributed by atoms with Crippen LogP contribution in [0, 0.1) is 12.7 Å². The van der Waals surface area contributed by atoms with Gasteiger partial charge in [-0.15, -0.1) is 0 Å². The minimum atomic E-state index is -0.120. The monoisotopic (exact) mass is 294 g/mol. The molecule has 1 saturated heterocycles. The van der Waals surface area contributed by atoms with Gasteiger partial charge < -0.3 is 15.0 Å². The van der Waals surface area contributed by atoms with Crippen molar-refractivity contribution >= 4 is 5.69 Å². The second kappa shape index (κ2) is 7.23. The average molecular weight is 294 g/mol. The van der Waals surface area contributed by atoms with E-state index in [0.717, 1.165) is 43.7 Å². The first-order chi connectivity index (χ1) is 10.1. The van der Waals surface area contributed by atoms with E-state index in [-0.39, 0.29) is 11.9 Å². The Labute approximate surface area is 127 Å². The fourth-order valence-electron chi connectivity index (χ4n) is 3.05. The van der Waals surface area contributed by atoms with Crippen LogP contribution >= 0.6 is 0 Å². The van der Waals surface area contributed by atoms with Crippen molar-refractivity contribution in [2.45, 2.75) is 45.8 Å². The molecule has 0 bridgehead atoms. The first kappa shape index (κ1) is 16.2. The van der Waals surface area contributed by atoms with Crippen molar-refractivity contribution in [3.05, 3.63) is 29.1 Å². The highest BCUT2D eigenvalue weighted by Crippen LogP contribution is 2.31. The van der Waals surface area contributed by atoms with Gasteiger partial charge in [0.1, 0.15) is 5.82 Å². The van der Waals surface area contributed by atoms with E-state index in [1.807, 2.05) is 13.0 Å². The van der Waals surface area contributed by atoms with Crippen LogP contribution in [0.4, 0.5) is 10.1 Å². The van der Waals surface area contributed by atoms with Gasteiger partial charge in [-0.3, -0.25) is 0 Å². The summed E-state index contributed by atoms with van der Waals surface area (Å²) in [5.74, 6) is -0.120. The summed E-state index contributed by atoms with van der Waals surface area (Å²) >= 11 is 0. The predicted molar refractivity (Wildman–Crippen MR) is 85.5 cm³/mol. The van der Waals surface area contributed by atoms with E-state index in [2.05, 4.69) is 24.1 Å². The number of aryl methyl sites for hydroxylation is 1. The summed E-state index contributed by atoms with van der Waals surface area (Å²) < 4.78 is 19.4. The maximum absolute atomic E-state index is 14.0. The van der Waals surface area contributed by atoms with Gasteiger partial charge in [-0.25, -0.2) is 4.39 Å². The van der Waals surface area contributed by atoms with Gasteiger partial charge in [-0.1, -0.05) is 6.92 Å². The first-order valence-corrected chi connectivity index (χ1v) is 7.88. The first-order valence-electron chi connectivity index (χ1n) is 7.88. The van der Waals surface area contributed by atoms with Crippen LogP contribution in [0.3, 0.4) is 0 Å². The second-order valence-corrected chi connectivity index (χ2v) is 5.86. The van der Waals surface area contributed by atoms with Gasteiger partial charge in [0.2, 0.25) is 0 Å². The topological polar surface area (TPSA) is 24.5 Å². The largest absolute Gasteiger partial charge is 0.381 e. The highest BCUT2D eigenvalue weighted by atomic mass is 19.1. The third-order valence-electron chi connectivity index (χ3n) is 4.40. The van der Waals surface area contributed by atoms with E-state index in [4.69, 9.17) is 4.74 Å². The zero-order chi connectivity index (χ0) is 15.4. The average Bonchev–Trinajstić information content (AvgIpc) is 2.50. The molecule has 2 rings (SSSR count). The Bertz CT molecular complexity index is 470. The van der Waals surface area contributed by atoms with Crippen LogP contribution in [0.15, 0.2) is 12.1 Å². The minimum Gasteiger partial charge on any atom is -0.381 e. The minimum absolute atomic E-state index is 0.120. The number of nitrogens with one attached hydrogen (secondary N) is 1. The van der Waals surface area contributed by atoms with Gasteiger partial charge in [-0.05, 0) is 56.5 Å². The fourth-order valence-corrected chi connectivity index (χ4v) is 3.05. The van der Waals surface area contributed by atoms with E-state index >= 15 is 0 Å². The highest BCUT2D eigenvalue weighted by molar-refractivity contribution is 5.57. The summed E-state index contributed by atoms with van der Waals surface area (Å²) in [5, 5.41) is 3.39. The van der Waals surface area contributed by atoms with E-state index in [1.54, 1.807) is 13.2 Å². The van der Waals surface area contributed by atoms with Crippen molar-refractivity contribution in [1.82, 2.24) is 5.32 Å². The number of hydrogen-bond donors (Lipinski definition) is 1. The van der Waals surface area contributed by atoms with E-state index < -0.39 is 0 Å². The predicted octanol–water partition coefficient (Wildman–Crippen LogP) is 3.42. The molecule has 1 atom stereocenters. The number of anilines is 1. The molecule has 0 radical (unpaired) electrons. The highest BCUT2D eigenvalue weighted by Gasteiger charge is 2.23. The van der Waals surface area contributed by atoms with Crippen LogP contribution in [0.2, 0.25) is 0 Å². The molecule has 0 aromatic heterocycles. The fraction of sp³-hybridized carbons (Fsp3) is 0.647. The summed E-state index contributed by atoms with van der Waals surface area (Å²) in [6.07, 6.45) is 2.42. The molecular weight excluding hydrogens is 267 g/mol. The summed E-state index contributed by atoms with van der Waals surface area (Å²) in [5.41, 5.74) is 2.93. The molecule has 1 aliphatic heterocycles. The molecule has 3 nitrogen and oxygen atoms in total. The Morgan fingerprint density at radius 2 is 2.05 bits per heavy atom. The third kappa shape index (κ3) is 3.74. The van der Waals surface area contributed by atoms with Gasteiger partial charge in [0.15, 0.2) is 0 Å². The van der Waals surface area contributed by atoms with Crippen LogP contribution in [0.5, 0.6) is 0 Å². The maximum atomic E-state index is 14.0. The molecule has 118 valence electrons. The summed E-state index contributed by atoms with van der Waals surface area (Å²) in [6, 6.07) is 3.84. The SMILES string of the molecule is CCNC(C)c1cc(F)c(C)cc1N1CCC(OC)CC1. The normalized spacial score (nSPS) is 18.0. The van der Waals surface area contributed by atoms with Gasteiger partial charge in [-0.2, -0.15) is 0 Å². The molecule has 1 aromatic carbocycles. The molecular formula is C17H27FN2O. The molecule has 21 heavy (non-hydrogen) atoms. The van der Waals surface area contributed by atoms with Crippen LogP contribution < -0.4 is 10.2 Å². The van der Waals surface area contributed by atoms with Crippen molar-refractivity contribution in [3.63, 3.8) is 0 Å². The molecule has 1 heterocycles. The number of methoxy groups -OCH3 is 1. The molecule has 1 aromatic rings. The Hall–Kier alpha value is -1.13. The summed E-state index contributed by atoms with van der Waals surface area (Å²) in [4.78, 5) is 2.37. The number of rotatable bonds is 5. The lowest BCUT2D eigenvalue weighted by atomic mass is 9.99. The smallest absolute Gasteiger partial charge is 0.126 e. The van der Waals surface area contributed by atoms with Crippen molar-refractivity contribution < 1.29 is 9.13 Å². The molecule has 0 saturated carbocycles. The Kier molecular flexibility index (Phi) is 5.59. The lowest BCUT2D eigenvalue weighted by Crippen LogP contribution is -2.37. The molecule has 1 aliphatic rings. The molecule has 0 amide bonds. The molecule has 4 heteroatoms. The molecule has 1 unspecified atom stereocenters. The van der Waals surface area contributed by atoms with Crippen molar-refractivity contribution in [2.75, 3.05) is 31.6 Å². The Balaban J connectivity index is 2.26.